The highest BCUT2D eigenvalue weighted by molar-refractivity contribution is 7.99. The van der Waals surface area contributed by atoms with Gasteiger partial charge >= 0.3 is 5.97 Å². The highest BCUT2D eigenvalue weighted by atomic mass is 32.2. The standard InChI is InChI=1S/C15H19N3O2S/c1-3-8-18-15(2,14(19)20)9-21-13-11-6-4-5-7-12(11)16-10-17-13/h4-7,10,18H,3,8-9H2,1-2H3,(H,19,20). The van der Waals surface area contributed by atoms with Crippen LogP contribution in [0.4, 0.5) is 0 Å². The molecule has 0 saturated heterocycles. The Labute approximate surface area is 128 Å². The molecule has 0 aliphatic heterocycles. The predicted octanol–water partition coefficient (Wildman–Crippen LogP) is 2.56. The van der Waals surface area contributed by atoms with Gasteiger partial charge in [-0.3, -0.25) is 4.79 Å². The highest BCUT2D eigenvalue weighted by Gasteiger charge is 2.32. The van der Waals surface area contributed by atoms with Gasteiger partial charge in [-0.05, 0) is 26.0 Å². The van der Waals surface area contributed by atoms with Crippen molar-refractivity contribution in [2.24, 2.45) is 0 Å². The zero-order valence-electron chi connectivity index (χ0n) is 12.2. The van der Waals surface area contributed by atoms with E-state index in [4.69, 9.17) is 0 Å². The first-order valence-electron chi connectivity index (χ1n) is 6.88. The van der Waals surface area contributed by atoms with E-state index in [-0.39, 0.29) is 0 Å². The zero-order valence-corrected chi connectivity index (χ0v) is 13.0. The molecule has 1 unspecified atom stereocenters. The lowest BCUT2D eigenvalue weighted by Crippen LogP contribution is -2.51. The van der Waals surface area contributed by atoms with Crippen LogP contribution in [-0.4, -0.2) is 38.9 Å². The van der Waals surface area contributed by atoms with E-state index in [1.54, 1.807) is 6.92 Å². The van der Waals surface area contributed by atoms with Crippen molar-refractivity contribution in [2.75, 3.05) is 12.3 Å². The number of fused-ring (bicyclic) bond motifs is 1. The minimum absolute atomic E-state index is 0.406. The van der Waals surface area contributed by atoms with Gasteiger partial charge in [0.25, 0.3) is 0 Å². The van der Waals surface area contributed by atoms with Crippen LogP contribution in [-0.2, 0) is 4.79 Å². The number of rotatable bonds is 7. The molecule has 2 aromatic rings. The molecule has 0 saturated carbocycles. The van der Waals surface area contributed by atoms with E-state index in [0.29, 0.717) is 12.3 Å². The van der Waals surface area contributed by atoms with Gasteiger partial charge in [0.05, 0.1) is 5.52 Å². The van der Waals surface area contributed by atoms with Crippen LogP contribution < -0.4 is 5.32 Å². The van der Waals surface area contributed by atoms with E-state index in [0.717, 1.165) is 22.3 Å². The van der Waals surface area contributed by atoms with Crippen molar-refractivity contribution in [1.82, 2.24) is 15.3 Å². The Morgan fingerprint density at radius 3 is 2.86 bits per heavy atom. The number of carboxylic acid groups (broad SMARTS) is 1. The minimum atomic E-state index is -0.966. The fraction of sp³-hybridized carbons (Fsp3) is 0.400. The summed E-state index contributed by atoms with van der Waals surface area (Å²) >= 11 is 1.44. The third kappa shape index (κ3) is 3.71. The van der Waals surface area contributed by atoms with Gasteiger partial charge < -0.3 is 10.4 Å². The lowest BCUT2D eigenvalue weighted by Gasteiger charge is -2.25. The van der Waals surface area contributed by atoms with Crippen LogP contribution in [0.25, 0.3) is 10.9 Å². The van der Waals surface area contributed by atoms with Gasteiger partial charge in [-0.25, -0.2) is 9.97 Å². The molecule has 1 atom stereocenters. The Balaban J connectivity index is 2.18. The average molecular weight is 305 g/mol. The summed E-state index contributed by atoms with van der Waals surface area (Å²) < 4.78 is 0. The van der Waals surface area contributed by atoms with Gasteiger partial charge in [-0.15, -0.1) is 11.8 Å². The van der Waals surface area contributed by atoms with Crippen LogP contribution in [0.2, 0.25) is 0 Å². The van der Waals surface area contributed by atoms with Crippen LogP contribution in [0.3, 0.4) is 0 Å². The molecule has 0 fully saturated rings. The topological polar surface area (TPSA) is 75.1 Å². The smallest absolute Gasteiger partial charge is 0.324 e. The monoisotopic (exact) mass is 305 g/mol. The highest BCUT2D eigenvalue weighted by Crippen LogP contribution is 2.27. The normalized spacial score (nSPS) is 14.0. The lowest BCUT2D eigenvalue weighted by atomic mass is 10.1. The third-order valence-corrected chi connectivity index (χ3v) is 4.56. The number of aromatic nitrogens is 2. The number of carboxylic acids is 1. The zero-order chi connectivity index (χ0) is 15.3. The molecule has 1 heterocycles. The molecule has 1 aromatic carbocycles. The summed E-state index contributed by atoms with van der Waals surface area (Å²) in [5.41, 5.74) is -0.0965. The molecule has 112 valence electrons. The average Bonchev–Trinajstić information content (AvgIpc) is 2.50. The molecule has 2 N–H and O–H groups in total. The van der Waals surface area contributed by atoms with Crippen molar-refractivity contribution >= 4 is 28.6 Å². The van der Waals surface area contributed by atoms with E-state index in [1.165, 1.54) is 18.1 Å². The van der Waals surface area contributed by atoms with Gasteiger partial charge in [0.15, 0.2) is 0 Å². The molecule has 0 aliphatic carbocycles. The van der Waals surface area contributed by atoms with Crippen LogP contribution in [0, 0.1) is 0 Å². The number of hydrogen-bond acceptors (Lipinski definition) is 5. The molecule has 0 bridgehead atoms. The van der Waals surface area contributed by atoms with Crippen LogP contribution in [0.5, 0.6) is 0 Å². The second kappa shape index (κ2) is 6.87. The summed E-state index contributed by atoms with van der Waals surface area (Å²) in [6.07, 6.45) is 2.41. The number of benzene rings is 1. The number of hydrogen-bond donors (Lipinski definition) is 2. The SMILES string of the molecule is CCCNC(C)(CSc1ncnc2ccccc12)C(=O)O. The molecular formula is C15H19N3O2S. The maximum Gasteiger partial charge on any atom is 0.324 e. The van der Waals surface area contributed by atoms with Crippen molar-refractivity contribution in [1.29, 1.82) is 0 Å². The number of thioether (sulfide) groups is 1. The number of nitrogens with one attached hydrogen (secondary N) is 1. The number of nitrogens with zero attached hydrogens (tertiary/aromatic N) is 2. The summed E-state index contributed by atoms with van der Waals surface area (Å²) in [7, 11) is 0. The van der Waals surface area contributed by atoms with Crippen molar-refractivity contribution in [3.8, 4) is 0 Å². The quantitative estimate of drug-likeness (QED) is 0.605. The van der Waals surface area contributed by atoms with Crippen LogP contribution in [0.1, 0.15) is 20.3 Å². The summed E-state index contributed by atoms with van der Waals surface area (Å²) in [4.78, 5) is 20.0. The van der Waals surface area contributed by atoms with Crippen molar-refractivity contribution < 1.29 is 9.90 Å². The van der Waals surface area contributed by atoms with Gasteiger partial charge in [0.2, 0.25) is 0 Å². The molecule has 0 aliphatic rings. The molecule has 5 nitrogen and oxygen atoms in total. The number of para-hydroxylation sites is 1. The lowest BCUT2D eigenvalue weighted by molar-refractivity contribution is -0.143. The molecule has 1 aromatic heterocycles. The molecule has 2 rings (SSSR count). The van der Waals surface area contributed by atoms with E-state index >= 15 is 0 Å². The summed E-state index contributed by atoms with van der Waals surface area (Å²) in [5, 5.41) is 14.3. The first-order valence-corrected chi connectivity index (χ1v) is 7.86. The van der Waals surface area contributed by atoms with E-state index in [9.17, 15) is 9.90 Å². The van der Waals surface area contributed by atoms with Crippen molar-refractivity contribution in [2.45, 2.75) is 30.8 Å². The Hall–Kier alpha value is -1.66. The van der Waals surface area contributed by atoms with Crippen LogP contribution in [0.15, 0.2) is 35.6 Å². The third-order valence-electron chi connectivity index (χ3n) is 3.24. The summed E-state index contributed by atoms with van der Waals surface area (Å²) in [6, 6.07) is 7.73. The van der Waals surface area contributed by atoms with Gasteiger partial charge in [-0.1, -0.05) is 25.1 Å². The molecule has 0 spiro atoms. The van der Waals surface area contributed by atoms with Gasteiger partial charge in [0.1, 0.15) is 16.9 Å². The number of aliphatic carboxylic acids is 1. The molecular weight excluding hydrogens is 286 g/mol. The second-order valence-electron chi connectivity index (χ2n) is 5.05. The first-order chi connectivity index (χ1) is 10.1. The largest absolute Gasteiger partial charge is 0.480 e. The maximum absolute atomic E-state index is 11.5. The van der Waals surface area contributed by atoms with Crippen molar-refractivity contribution in [3.63, 3.8) is 0 Å². The fourth-order valence-corrected chi connectivity index (χ4v) is 3.00. The predicted molar refractivity (Wildman–Crippen MR) is 84.6 cm³/mol. The molecule has 6 heteroatoms. The Kier molecular flexibility index (Phi) is 5.14. The van der Waals surface area contributed by atoms with Gasteiger partial charge in [-0.2, -0.15) is 0 Å². The molecule has 21 heavy (non-hydrogen) atoms. The van der Waals surface area contributed by atoms with E-state index < -0.39 is 11.5 Å². The van der Waals surface area contributed by atoms with Gasteiger partial charge in [0, 0.05) is 11.1 Å². The summed E-state index contributed by atoms with van der Waals surface area (Å²) in [5.74, 6) is -0.439. The molecule has 0 radical (unpaired) electrons. The Morgan fingerprint density at radius 2 is 2.14 bits per heavy atom. The summed E-state index contributed by atoms with van der Waals surface area (Å²) in [6.45, 7) is 4.40. The van der Waals surface area contributed by atoms with E-state index in [1.807, 2.05) is 31.2 Å². The Morgan fingerprint density at radius 1 is 1.38 bits per heavy atom. The Bertz CT molecular complexity index is 630. The number of carbonyl (C=O) groups is 1. The minimum Gasteiger partial charge on any atom is -0.480 e. The maximum atomic E-state index is 11.5. The molecule has 0 amide bonds. The second-order valence-corrected chi connectivity index (χ2v) is 6.01. The van der Waals surface area contributed by atoms with Crippen molar-refractivity contribution in [3.05, 3.63) is 30.6 Å². The van der Waals surface area contributed by atoms with E-state index in [2.05, 4.69) is 15.3 Å². The fourth-order valence-electron chi connectivity index (χ4n) is 1.90. The first kappa shape index (κ1) is 15.7. The van der Waals surface area contributed by atoms with Crippen LogP contribution >= 0.6 is 11.8 Å².